The predicted octanol–water partition coefficient (Wildman–Crippen LogP) is 0.767. The zero-order valence-corrected chi connectivity index (χ0v) is 10.2. The van der Waals surface area contributed by atoms with Crippen molar-refractivity contribution < 1.29 is 15.0 Å². The molecule has 0 spiro atoms. The maximum absolute atomic E-state index is 12.1. The van der Waals surface area contributed by atoms with Crippen LogP contribution in [0.15, 0.2) is 0 Å². The molecule has 1 aliphatic rings. The van der Waals surface area contributed by atoms with Crippen molar-refractivity contribution in [3.63, 3.8) is 0 Å². The lowest BCUT2D eigenvalue weighted by Crippen LogP contribution is -2.41. The lowest BCUT2D eigenvalue weighted by molar-refractivity contribution is -0.137. The van der Waals surface area contributed by atoms with E-state index in [9.17, 15) is 9.90 Å². The summed E-state index contributed by atoms with van der Waals surface area (Å²) in [5, 5.41) is 18.7. The van der Waals surface area contributed by atoms with Crippen LogP contribution in [0.3, 0.4) is 0 Å². The van der Waals surface area contributed by atoms with Crippen LogP contribution in [0.5, 0.6) is 0 Å². The van der Waals surface area contributed by atoms with Crippen molar-refractivity contribution in [3.05, 3.63) is 0 Å². The molecule has 1 amide bonds. The van der Waals surface area contributed by atoms with Gasteiger partial charge in [-0.2, -0.15) is 0 Å². The smallest absolute Gasteiger partial charge is 0.225 e. The second-order valence-electron chi connectivity index (χ2n) is 4.76. The van der Waals surface area contributed by atoms with Gasteiger partial charge in [-0.3, -0.25) is 4.79 Å². The Hall–Kier alpha value is -0.610. The van der Waals surface area contributed by atoms with Crippen LogP contribution in [-0.4, -0.2) is 46.3 Å². The van der Waals surface area contributed by atoms with Crippen LogP contribution in [0, 0.1) is 5.92 Å². The summed E-state index contributed by atoms with van der Waals surface area (Å²) < 4.78 is 0. The number of aliphatic hydroxyl groups excluding tert-OH is 2. The Kier molecular flexibility index (Phi) is 5.22. The first kappa shape index (κ1) is 13.5. The molecule has 94 valence electrons. The molecule has 1 saturated heterocycles. The highest BCUT2D eigenvalue weighted by molar-refractivity contribution is 5.79. The van der Waals surface area contributed by atoms with E-state index in [-0.39, 0.29) is 24.5 Å². The molecule has 0 aromatic carbocycles. The Morgan fingerprint density at radius 2 is 2.25 bits per heavy atom. The summed E-state index contributed by atoms with van der Waals surface area (Å²) >= 11 is 0. The van der Waals surface area contributed by atoms with Gasteiger partial charge in [0.05, 0.1) is 18.8 Å². The van der Waals surface area contributed by atoms with Crippen molar-refractivity contribution in [3.8, 4) is 0 Å². The van der Waals surface area contributed by atoms with Gasteiger partial charge in [0.15, 0.2) is 0 Å². The number of β-amino-alcohol motifs (C(OH)–C–C–N with tert-alkyl or cyclic N) is 1. The maximum Gasteiger partial charge on any atom is 0.225 e. The van der Waals surface area contributed by atoms with Gasteiger partial charge in [-0.25, -0.2) is 0 Å². The first-order valence-corrected chi connectivity index (χ1v) is 6.19. The van der Waals surface area contributed by atoms with Gasteiger partial charge >= 0.3 is 0 Å². The van der Waals surface area contributed by atoms with Crippen molar-refractivity contribution in [1.29, 1.82) is 0 Å². The molecule has 1 fully saturated rings. The van der Waals surface area contributed by atoms with Crippen LogP contribution < -0.4 is 0 Å². The molecular formula is C12H23NO3. The summed E-state index contributed by atoms with van der Waals surface area (Å²) in [6.45, 7) is 4.36. The van der Waals surface area contributed by atoms with Crippen molar-refractivity contribution in [2.45, 2.75) is 51.7 Å². The highest BCUT2D eigenvalue weighted by Crippen LogP contribution is 2.21. The van der Waals surface area contributed by atoms with E-state index in [4.69, 9.17) is 5.11 Å². The number of aliphatic hydroxyl groups is 2. The Balaban J connectivity index is 2.51. The average molecular weight is 229 g/mol. The standard InChI is InChI=1S/C12H23NO3/c1-3-4-5-9(2)12(16)13-7-11(15)6-10(13)8-14/h9-11,14-15H,3-8H2,1-2H3/t9-,10-,11-/m0/s1. The van der Waals surface area contributed by atoms with Crippen molar-refractivity contribution in [2.75, 3.05) is 13.2 Å². The summed E-state index contributed by atoms with van der Waals surface area (Å²) in [5.41, 5.74) is 0. The molecule has 0 radical (unpaired) electrons. The second kappa shape index (κ2) is 6.21. The van der Waals surface area contributed by atoms with E-state index in [0.717, 1.165) is 19.3 Å². The lowest BCUT2D eigenvalue weighted by atomic mass is 10.0. The van der Waals surface area contributed by atoms with E-state index in [0.29, 0.717) is 13.0 Å². The third-order valence-electron chi connectivity index (χ3n) is 3.30. The van der Waals surface area contributed by atoms with Gasteiger partial charge in [-0.1, -0.05) is 26.7 Å². The number of carbonyl (C=O) groups is 1. The molecule has 0 saturated carbocycles. The van der Waals surface area contributed by atoms with E-state index in [1.54, 1.807) is 4.90 Å². The predicted molar refractivity (Wildman–Crippen MR) is 61.9 cm³/mol. The monoisotopic (exact) mass is 229 g/mol. The molecule has 0 aliphatic carbocycles. The van der Waals surface area contributed by atoms with Crippen molar-refractivity contribution >= 4 is 5.91 Å². The lowest BCUT2D eigenvalue weighted by Gasteiger charge is -2.26. The third-order valence-corrected chi connectivity index (χ3v) is 3.30. The molecule has 0 unspecified atom stereocenters. The zero-order chi connectivity index (χ0) is 12.1. The largest absolute Gasteiger partial charge is 0.394 e. The molecular weight excluding hydrogens is 206 g/mol. The van der Waals surface area contributed by atoms with Crippen LogP contribution in [0.25, 0.3) is 0 Å². The Morgan fingerprint density at radius 3 is 2.81 bits per heavy atom. The summed E-state index contributed by atoms with van der Waals surface area (Å²) in [5.74, 6) is 0.0725. The molecule has 4 nitrogen and oxygen atoms in total. The summed E-state index contributed by atoms with van der Waals surface area (Å²) in [6, 6.07) is -0.188. The number of hydrogen-bond acceptors (Lipinski definition) is 3. The van der Waals surface area contributed by atoms with Crippen LogP contribution in [0.1, 0.15) is 39.5 Å². The minimum atomic E-state index is -0.473. The molecule has 1 heterocycles. The number of unbranched alkanes of at least 4 members (excludes halogenated alkanes) is 1. The number of carbonyl (C=O) groups excluding carboxylic acids is 1. The second-order valence-corrected chi connectivity index (χ2v) is 4.76. The van der Waals surface area contributed by atoms with Gasteiger partial charge in [0, 0.05) is 12.5 Å². The quantitative estimate of drug-likeness (QED) is 0.732. The van der Waals surface area contributed by atoms with Crippen molar-refractivity contribution in [2.24, 2.45) is 5.92 Å². The number of hydrogen-bond donors (Lipinski definition) is 2. The van der Waals surface area contributed by atoms with Gasteiger partial charge < -0.3 is 15.1 Å². The fourth-order valence-corrected chi connectivity index (χ4v) is 2.25. The highest BCUT2D eigenvalue weighted by Gasteiger charge is 2.35. The number of likely N-dealkylation sites (tertiary alicyclic amines) is 1. The van der Waals surface area contributed by atoms with Gasteiger partial charge in [-0.05, 0) is 12.8 Å². The Bertz CT molecular complexity index is 232. The molecule has 4 heteroatoms. The van der Waals surface area contributed by atoms with Gasteiger partial charge in [0.1, 0.15) is 0 Å². The first-order valence-electron chi connectivity index (χ1n) is 6.19. The van der Waals surface area contributed by atoms with E-state index in [1.165, 1.54) is 0 Å². The number of rotatable bonds is 5. The van der Waals surface area contributed by atoms with Gasteiger partial charge in [0.25, 0.3) is 0 Å². The third kappa shape index (κ3) is 3.19. The Labute approximate surface area is 97.3 Å². The minimum Gasteiger partial charge on any atom is -0.394 e. The van der Waals surface area contributed by atoms with E-state index in [2.05, 4.69) is 6.92 Å². The minimum absolute atomic E-state index is 0.000648. The Morgan fingerprint density at radius 1 is 1.56 bits per heavy atom. The maximum atomic E-state index is 12.1. The molecule has 0 aromatic heterocycles. The molecule has 3 atom stereocenters. The van der Waals surface area contributed by atoms with Crippen LogP contribution in [0.4, 0.5) is 0 Å². The molecule has 1 aliphatic heterocycles. The van der Waals surface area contributed by atoms with E-state index >= 15 is 0 Å². The van der Waals surface area contributed by atoms with Crippen molar-refractivity contribution in [1.82, 2.24) is 4.90 Å². The van der Waals surface area contributed by atoms with Crippen LogP contribution in [0.2, 0.25) is 0 Å². The van der Waals surface area contributed by atoms with Gasteiger partial charge in [-0.15, -0.1) is 0 Å². The molecule has 0 aromatic rings. The topological polar surface area (TPSA) is 60.8 Å². The zero-order valence-electron chi connectivity index (χ0n) is 10.2. The average Bonchev–Trinajstić information content (AvgIpc) is 2.66. The summed E-state index contributed by atoms with van der Waals surface area (Å²) in [6.07, 6.45) is 3.05. The number of nitrogens with zero attached hydrogens (tertiary/aromatic N) is 1. The molecule has 16 heavy (non-hydrogen) atoms. The first-order chi connectivity index (χ1) is 7.60. The summed E-state index contributed by atoms with van der Waals surface area (Å²) in [4.78, 5) is 13.7. The normalized spacial score (nSPS) is 27.1. The fourth-order valence-electron chi connectivity index (χ4n) is 2.25. The van der Waals surface area contributed by atoms with E-state index in [1.807, 2.05) is 6.92 Å². The van der Waals surface area contributed by atoms with Crippen LogP contribution in [-0.2, 0) is 4.79 Å². The molecule has 1 rings (SSSR count). The highest BCUT2D eigenvalue weighted by atomic mass is 16.3. The fraction of sp³-hybridized carbons (Fsp3) is 0.917. The molecule has 2 N–H and O–H groups in total. The van der Waals surface area contributed by atoms with Gasteiger partial charge in [0.2, 0.25) is 5.91 Å². The van der Waals surface area contributed by atoms with E-state index < -0.39 is 6.10 Å². The SMILES string of the molecule is CCCC[C@H](C)C(=O)N1C[C@@H](O)C[C@H]1CO. The summed E-state index contributed by atoms with van der Waals surface area (Å²) in [7, 11) is 0. The van der Waals surface area contributed by atoms with Crippen LogP contribution >= 0.6 is 0 Å². The molecule has 0 bridgehead atoms. The number of amides is 1.